The molecular weight excluding hydrogens is 254 g/mol. The van der Waals surface area contributed by atoms with Crippen LogP contribution in [0.5, 0.6) is 0 Å². The number of rotatable bonds is 2. The van der Waals surface area contributed by atoms with E-state index in [0.29, 0.717) is 39.4 Å². The van der Waals surface area contributed by atoms with Crippen LogP contribution in [0.25, 0.3) is 0 Å². The van der Waals surface area contributed by atoms with Crippen molar-refractivity contribution in [1.82, 2.24) is 10.2 Å². The van der Waals surface area contributed by atoms with E-state index in [1.54, 1.807) is 4.90 Å². The molecule has 0 spiro atoms. The highest BCUT2D eigenvalue weighted by atomic mass is 16.5. The van der Waals surface area contributed by atoms with Crippen LogP contribution in [-0.2, 0) is 11.3 Å². The first-order valence-corrected chi connectivity index (χ1v) is 6.68. The Balaban J connectivity index is 1.94. The zero-order chi connectivity index (χ0) is 14.2. The largest absolute Gasteiger partial charge is 0.378 e. The van der Waals surface area contributed by atoms with Gasteiger partial charge in [-0.3, -0.25) is 0 Å². The second kappa shape index (κ2) is 7.53. The van der Waals surface area contributed by atoms with E-state index in [1.807, 2.05) is 24.3 Å². The van der Waals surface area contributed by atoms with Gasteiger partial charge in [-0.15, -0.1) is 0 Å². The third-order valence-corrected chi connectivity index (χ3v) is 3.07. The molecule has 0 saturated carbocycles. The minimum atomic E-state index is -0.0603. The fourth-order valence-corrected chi connectivity index (χ4v) is 1.99. The maximum Gasteiger partial charge on any atom is 0.317 e. The highest BCUT2D eigenvalue weighted by molar-refractivity contribution is 5.74. The number of amides is 2. The first-order chi connectivity index (χ1) is 9.81. The molecule has 0 unspecified atom stereocenters. The van der Waals surface area contributed by atoms with E-state index >= 15 is 0 Å². The molecule has 0 aliphatic carbocycles. The van der Waals surface area contributed by atoms with Crippen LogP contribution in [0.2, 0.25) is 0 Å². The molecule has 5 nitrogen and oxygen atoms in total. The number of benzene rings is 1. The Labute approximate surface area is 119 Å². The van der Waals surface area contributed by atoms with Gasteiger partial charge in [0, 0.05) is 25.2 Å². The van der Waals surface area contributed by atoms with Crippen molar-refractivity contribution in [3.05, 3.63) is 35.4 Å². The van der Waals surface area contributed by atoms with Crippen molar-refractivity contribution in [3.8, 4) is 11.8 Å². The molecule has 1 saturated heterocycles. The Kier molecular flexibility index (Phi) is 5.42. The van der Waals surface area contributed by atoms with Crippen molar-refractivity contribution >= 4 is 6.03 Å². The van der Waals surface area contributed by atoms with Gasteiger partial charge in [0.05, 0.1) is 19.8 Å². The molecule has 1 aromatic carbocycles. The zero-order valence-electron chi connectivity index (χ0n) is 11.4. The molecule has 0 aromatic heterocycles. The van der Waals surface area contributed by atoms with Gasteiger partial charge in [-0.05, 0) is 11.6 Å². The first-order valence-electron chi connectivity index (χ1n) is 6.68. The number of ether oxygens (including phenoxy) is 1. The van der Waals surface area contributed by atoms with Crippen molar-refractivity contribution in [1.29, 1.82) is 0 Å². The molecule has 1 aliphatic heterocycles. The lowest BCUT2D eigenvalue weighted by Crippen LogP contribution is -2.45. The zero-order valence-corrected chi connectivity index (χ0v) is 11.4. The molecule has 20 heavy (non-hydrogen) atoms. The number of carbonyl (C=O) groups is 1. The number of nitrogens with two attached hydrogens (primary N) is 1. The van der Waals surface area contributed by atoms with Crippen LogP contribution in [0.4, 0.5) is 4.79 Å². The first kappa shape index (κ1) is 14.4. The van der Waals surface area contributed by atoms with Gasteiger partial charge in [-0.1, -0.05) is 30.0 Å². The Morgan fingerprint density at radius 3 is 2.85 bits per heavy atom. The minimum Gasteiger partial charge on any atom is -0.378 e. The predicted octanol–water partition coefficient (Wildman–Crippen LogP) is 0.539. The molecule has 0 atom stereocenters. The summed E-state index contributed by atoms with van der Waals surface area (Å²) in [5.41, 5.74) is 7.28. The smallest absolute Gasteiger partial charge is 0.317 e. The maximum absolute atomic E-state index is 12.0. The summed E-state index contributed by atoms with van der Waals surface area (Å²) >= 11 is 0. The van der Waals surface area contributed by atoms with Gasteiger partial charge in [-0.2, -0.15) is 0 Å². The number of morpholine rings is 1. The Hall–Kier alpha value is -2.03. The van der Waals surface area contributed by atoms with Gasteiger partial charge in [0.15, 0.2) is 0 Å². The van der Waals surface area contributed by atoms with Crippen molar-refractivity contribution in [3.63, 3.8) is 0 Å². The SMILES string of the molecule is NCC#Cc1ccccc1CNC(=O)N1CCOCC1. The van der Waals surface area contributed by atoms with E-state index in [0.717, 1.165) is 11.1 Å². The average molecular weight is 273 g/mol. The molecule has 106 valence electrons. The van der Waals surface area contributed by atoms with Gasteiger partial charge in [-0.25, -0.2) is 4.79 Å². The molecule has 2 amide bonds. The lowest BCUT2D eigenvalue weighted by Gasteiger charge is -2.27. The van der Waals surface area contributed by atoms with Gasteiger partial charge in [0.2, 0.25) is 0 Å². The van der Waals surface area contributed by atoms with Crippen LogP contribution in [0, 0.1) is 11.8 Å². The molecule has 1 aromatic rings. The molecule has 3 N–H and O–H groups in total. The molecule has 0 bridgehead atoms. The molecule has 2 rings (SSSR count). The summed E-state index contributed by atoms with van der Waals surface area (Å²) in [4.78, 5) is 13.8. The second-order valence-electron chi connectivity index (χ2n) is 4.42. The van der Waals surface area contributed by atoms with E-state index in [4.69, 9.17) is 10.5 Å². The predicted molar refractivity (Wildman–Crippen MR) is 77.0 cm³/mol. The summed E-state index contributed by atoms with van der Waals surface area (Å²) in [5.74, 6) is 5.85. The average Bonchev–Trinajstić information content (AvgIpc) is 2.52. The van der Waals surface area contributed by atoms with Crippen molar-refractivity contribution < 1.29 is 9.53 Å². The van der Waals surface area contributed by atoms with E-state index < -0.39 is 0 Å². The summed E-state index contributed by atoms with van der Waals surface area (Å²) in [7, 11) is 0. The fourth-order valence-electron chi connectivity index (χ4n) is 1.99. The number of urea groups is 1. The molecular formula is C15H19N3O2. The van der Waals surface area contributed by atoms with Crippen LogP contribution in [0.3, 0.4) is 0 Å². The van der Waals surface area contributed by atoms with Crippen LogP contribution >= 0.6 is 0 Å². The van der Waals surface area contributed by atoms with E-state index in [1.165, 1.54) is 0 Å². The van der Waals surface area contributed by atoms with Gasteiger partial charge < -0.3 is 20.7 Å². The van der Waals surface area contributed by atoms with Crippen LogP contribution in [-0.4, -0.2) is 43.8 Å². The van der Waals surface area contributed by atoms with Crippen molar-refractivity contribution in [2.45, 2.75) is 6.54 Å². The van der Waals surface area contributed by atoms with Crippen molar-refractivity contribution in [2.24, 2.45) is 5.73 Å². The highest BCUT2D eigenvalue weighted by Gasteiger charge is 2.16. The van der Waals surface area contributed by atoms with E-state index in [2.05, 4.69) is 17.2 Å². The van der Waals surface area contributed by atoms with Gasteiger partial charge in [0.25, 0.3) is 0 Å². The molecule has 5 heteroatoms. The second-order valence-corrected chi connectivity index (χ2v) is 4.42. The van der Waals surface area contributed by atoms with E-state index in [-0.39, 0.29) is 6.03 Å². The molecule has 1 heterocycles. The number of carbonyl (C=O) groups excluding carboxylic acids is 1. The third-order valence-electron chi connectivity index (χ3n) is 3.07. The van der Waals surface area contributed by atoms with Crippen LogP contribution in [0.15, 0.2) is 24.3 Å². The quantitative estimate of drug-likeness (QED) is 0.773. The Morgan fingerprint density at radius 1 is 1.35 bits per heavy atom. The van der Waals surface area contributed by atoms with Crippen LogP contribution in [0.1, 0.15) is 11.1 Å². The van der Waals surface area contributed by atoms with Gasteiger partial charge >= 0.3 is 6.03 Å². The van der Waals surface area contributed by atoms with Crippen LogP contribution < -0.4 is 11.1 Å². The standard InChI is InChI=1S/C15H19N3O2/c16-7-3-6-13-4-1-2-5-14(13)12-17-15(19)18-8-10-20-11-9-18/h1-2,4-5H,7-12,16H2,(H,17,19). The molecule has 1 aliphatic rings. The third kappa shape index (κ3) is 3.98. The number of hydrogen-bond acceptors (Lipinski definition) is 3. The molecule has 1 fully saturated rings. The number of nitrogens with zero attached hydrogens (tertiary/aromatic N) is 1. The summed E-state index contributed by atoms with van der Waals surface area (Å²) < 4.78 is 5.22. The van der Waals surface area contributed by atoms with Crippen molar-refractivity contribution in [2.75, 3.05) is 32.8 Å². The van der Waals surface area contributed by atoms with Gasteiger partial charge in [0.1, 0.15) is 0 Å². The molecule has 0 radical (unpaired) electrons. The lowest BCUT2D eigenvalue weighted by molar-refractivity contribution is 0.0531. The number of hydrogen-bond donors (Lipinski definition) is 2. The monoisotopic (exact) mass is 273 g/mol. The normalized spacial score (nSPS) is 14.3. The highest BCUT2D eigenvalue weighted by Crippen LogP contribution is 2.07. The summed E-state index contributed by atoms with van der Waals surface area (Å²) in [6.45, 7) is 3.28. The minimum absolute atomic E-state index is 0.0603. The number of nitrogens with one attached hydrogen (secondary N) is 1. The summed E-state index contributed by atoms with van der Waals surface area (Å²) in [6.07, 6.45) is 0. The summed E-state index contributed by atoms with van der Waals surface area (Å²) in [6, 6.07) is 7.69. The Bertz CT molecular complexity index is 513. The van der Waals surface area contributed by atoms with E-state index in [9.17, 15) is 4.79 Å². The Morgan fingerprint density at radius 2 is 2.10 bits per heavy atom. The summed E-state index contributed by atoms with van der Waals surface area (Å²) in [5, 5.41) is 2.92. The topological polar surface area (TPSA) is 67.6 Å². The lowest BCUT2D eigenvalue weighted by atomic mass is 10.1. The maximum atomic E-state index is 12.0. The fraction of sp³-hybridized carbons (Fsp3) is 0.400.